The van der Waals surface area contributed by atoms with Gasteiger partial charge in [-0.15, -0.1) is 0 Å². The van der Waals surface area contributed by atoms with Gasteiger partial charge in [-0.1, -0.05) is 64.0 Å². The van der Waals surface area contributed by atoms with E-state index in [9.17, 15) is 0 Å². The van der Waals surface area contributed by atoms with E-state index >= 15 is 0 Å². The summed E-state index contributed by atoms with van der Waals surface area (Å²) in [5.74, 6) is -0.419. The Morgan fingerprint density at radius 1 is 0.750 bits per heavy atom. The fraction of sp³-hybridized carbons (Fsp3) is 1.00. The summed E-state index contributed by atoms with van der Waals surface area (Å²) in [6, 6.07) is 0. The minimum Gasteiger partial charge on any atom is -0.345 e. The second kappa shape index (κ2) is 6.17. The van der Waals surface area contributed by atoms with Gasteiger partial charge < -0.3 is 9.47 Å². The van der Waals surface area contributed by atoms with Gasteiger partial charge in [-0.3, -0.25) is 0 Å². The van der Waals surface area contributed by atoms with E-state index in [1.54, 1.807) is 0 Å². The zero-order valence-corrected chi connectivity index (χ0v) is 12.8. The van der Waals surface area contributed by atoms with Crippen LogP contribution >= 0.6 is 31.9 Å². The smallest absolute Gasteiger partial charge is 0.193 e. The van der Waals surface area contributed by atoms with E-state index in [4.69, 9.17) is 9.47 Å². The fourth-order valence-electron chi connectivity index (χ4n) is 2.58. The molecular formula is C12H20Br2O2. The SMILES string of the molecule is BrC1CCCCCCCC(Br)C12OCCO2. The molecule has 94 valence electrons. The average molecular weight is 356 g/mol. The Morgan fingerprint density at radius 2 is 1.19 bits per heavy atom. The Bertz CT molecular complexity index is 201. The van der Waals surface area contributed by atoms with E-state index in [0.29, 0.717) is 9.65 Å². The molecular weight excluding hydrogens is 336 g/mol. The molecule has 2 nitrogen and oxygen atoms in total. The molecule has 0 aromatic rings. The van der Waals surface area contributed by atoms with E-state index < -0.39 is 5.79 Å². The maximum atomic E-state index is 5.92. The minimum absolute atomic E-state index is 0.310. The van der Waals surface area contributed by atoms with Crippen LogP contribution in [-0.4, -0.2) is 28.7 Å². The number of rotatable bonds is 0. The van der Waals surface area contributed by atoms with Crippen LogP contribution < -0.4 is 0 Å². The zero-order chi connectivity index (χ0) is 11.4. The Morgan fingerprint density at radius 3 is 1.69 bits per heavy atom. The van der Waals surface area contributed by atoms with Gasteiger partial charge in [0.25, 0.3) is 0 Å². The predicted octanol–water partition coefficient (Wildman–Crippen LogP) is 4.00. The minimum atomic E-state index is -0.419. The molecule has 1 aliphatic heterocycles. The summed E-state index contributed by atoms with van der Waals surface area (Å²) in [6.45, 7) is 1.45. The van der Waals surface area contributed by atoms with Crippen molar-refractivity contribution in [1.82, 2.24) is 0 Å². The highest BCUT2D eigenvalue weighted by Gasteiger charge is 2.48. The third kappa shape index (κ3) is 2.82. The Balaban J connectivity index is 2.07. The van der Waals surface area contributed by atoms with Crippen molar-refractivity contribution in [1.29, 1.82) is 0 Å². The molecule has 1 saturated heterocycles. The van der Waals surface area contributed by atoms with Gasteiger partial charge in [0.2, 0.25) is 0 Å². The van der Waals surface area contributed by atoms with Crippen molar-refractivity contribution in [3.63, 3.8) is 0 Å². The lowest BCUT2D eigenvalue weighted by molar-refractivity contribution is -0.156. The summed E-state index contributed by atoms with van der Waals surface area (Å²) < 4.78 is 11.8. The molecule has 2 fully saturated rings. The molecule has 2 rings (SSSR count). The molecule has 1 spiro atoms. The maximum Gasteiger partial charge on any atom is 0.193 e. The number of ether oxygens (including phenoxy) is 2. The molecule has 1 saturated carbocycles. The van der Waals surface area contributed by atoms with Crippen molar-refractivity contribution in [3.8, 4) is 0 Å². The summed E-state index contributed by atoms with van der Waals surface area (Å²) in [4.78, 5) is 0.620. The summed E-state index contributed by atoms with van der Waals surface area (Å²) in [7, 11) is 0. The molecule has 2 aliphatic rings. The summed E-state index contributed by atoms with van der Waals surface area (Å²) >= 11 is 7.56. The van der Waals surface area contributed by atoms with Crippen LogP contribution in [0.15, 0.2) is 0 Å². The first-order valence-corrected chi connectivity index (χ1v) is 8.15. The molecule has 0 radical (unpaired) electrons. The van der Waals surface area contributed by atoms with Gasteiger partial charge in [0.1, 0.15) is 0 Å². The Labute approximate surface area is 115 Å². The summed E-state index contributed by atoms with van der Waals surface area (Å²) in [5.41, 5.74) is 0. The van der Waals surface area contributed by atoms with Crippen LogP contribution in [0.1, 0.15) is 44.9 Å². The van der Waals surface area contributed by atoms with Crippen molar-refractivity contribution in [2.75, 3.05) is 13.2 Å². The molecule has 0 aromatic carbocycles. The molecule has 4 heteroatoms. The highest BCUT2D eigenvalue weighted by Crippen LogP contribution is 2.40. The lowest BCUT2D eigenvalue weighted by Crippen LogP contribution is -2.48. The van der Waals surface area contributed by atoms with Crippen LogP contribution in [0.4, 0.5) is 0 Å². The number of alkyl halides is 2. The summed E-state index contributed by atoms with van der Waals surface area (Å²) in [5, 5.41) is 0. The van der Waals surface area contributed by atoms with Crippen molar-refractivity contribution in [3.05, 3.63) is 0 Å². The Hall–Kier alpha value is 0.880. The highest BCUT2D eigenvalue weighted by atomic mass is 79.9. The lowest BCUT2D eigenvalue weighted by atomic mass is 9.96. The average Bonchev–Trinajstić information content (AvgIpc) is 2.76. The van der Waals surface area contributed by atoms with Gasteiger partial charge in [-0.25, -0.2) is 0 Å². The van der Waals surface area contributed by atoms with E-state index in [-0.39, 0.29) is 0 Å². The third-order valence-electron chi connectivity index (χ3n) is 3.53. The monoisotopic (exact) mass is 354 g/mol. The van der Waals surface area contributed by atoms with Gasteiger partial charge in [-0.2, -0.15) is 0 Å². The Kier molecular flexibility index (Phi) is 5.13. The van der Waals surface area contributed by atoms with E-state index in [1.165, 1.54) is 32.1 Å². The summed E-state index contributed by atoms with van der Waals surface area (Å²) in [6.07, 6.45) is 8.86. The fourth-order valence-corrected chi connectivity index (χ4v) is 4.75. The molecule has 0 aromatic heterocycles. The van der Waals surface area contributed by atoms with Crippen molar-refractivity contribution < 1.29 is 9.47 Å². The van der Waals surface area contributed by atoms with Crippen LogP contribution in [0.25, 0.3) is 0 Å². The normalized spacial score (nSPS) is 36.4. The second-order valence-corrected chi connectivity index (χ2v) is 6.91. The number of hydrogen-bond donors (Lipinski definition) is 0. The standard InChI is InChI=1S/C12H20Br2O2/c13-10-6-4-2-1-3-5-7-11(14)12(10)15-8-9-16-12/h10-11H,1-9H2. The van der Waals surface area contributed by atoms with Gasteiger partial charge in [-0.05, 0) is 12.8 Å². The molecule has 16 heavy (non-hydrogen) atoms. The quantitative estimate of drug-likeness (QED) is 0.611. The van der Waals surface area contributed by atoms with Gasteiger partial charge in [0, 0.05) is 0 Å². The number of hydrogen-bond acceptors (Lipinski definition) is 2. The molecule has 1 aliphatic carbocycles. The van der Waals surface area contributed by atoms with E-state index in [1.807, 2.05) is 0 Å². The van der Waals surface area contributed by atoms with Gasteiger partial charge >= 0.3 is 0 Å². The van der Waals surface area contributed by atoms with Crippen molar-refractivity contribution in [2.45, 2.75) is 60.4 Å². The lowest BCUT2D eigenvalue weighted by Gasteiger charge is -2.37. The van der Waals surface area contributed by atoms with Crippen LogP contribution in [0.5, 0.6) is 0 Å². The number of halogens is 2. The van der Waals surface area contributed by atoms with Crippen LogP contribution in [0.2, 0.25) is 0 Å². The van der Waals surface area contributed by atoms with Crippen molar-refractivity contribution in [2.24, 2.45) is 0 Å². The second-order valence-electron chi connectivity index (χ2n) is 4.70. The van der Waals surface area contributed by atoms with Gasteiger partial charge in [0.15, 0.2) is 5.79 Å². The third-order valence-corrected chi connectivity index (χ3v) is 5.72. The van der Waals surface area contributed by atoms with Crippen LogP contribution in [0, 0.1) is 0 Å². The molecule has 2 unspecified atom stereocenters. The van der Waals surface area contributed by atoms with Crippen molar-refractivity contribution >= 4 is 31.9 Å². The first-order valence-electron chi connectivity index (χ1n) is 6.32. The molecule has 0 amide bonds. The molecule has 0 bridgehead atoms. The molecule has 2 atom stereocenters. The molecule has 0 N–H and O–H groups in total. The topological polar surface area (TPSA) is 18.5 Å². The largest absolute Gasteiger partial charge is 0.345 e. The van der Waals surface area contributed by atoms with Crippen LogP contribution in [-0.2, 0) is 9.47 Å². The maximum absolute atomic E-state index is 5.92. The first kappa shape index (κ1) is 13.3. The molecule has 1 heterocycles. The van der Waals surface area contributed by atoms with E-state index in [0.717, 1.165) is 26.1 Å². The predicted molar refractivity (Wildman–Crippen MR) is 72.4 cm³/mol. The van der Waals surface area contributed by atoms with E-state index in [2.05, 4.69) is 31.9 Å². The van der Waals surface area contributed by atoms with Gasteiger partial charge in [0.05, 0.1) is 22.9 Å². The highest BCUT2D eigenvalue weighted by molar-refractivity contribution is 9.10. The zero-order valence-electron chi connectivity index (χ0n) is 9.59. The first-order chi connectivity index (χ1) is 7.76. The van der Waals surface area contributed by atoms with Crippen LogP contribution in [0.3, 0.4) is 0 Å².